The van der Waals surface area contributed by atoms with Gasteiger partial charge in [0.15, 0.2) is 5.82 Å². The van der Waals surface area contributed by atoms with Crippen LogP contribution >= 0.6 is 23.2 Å². The Morgan fingerprint density at radius 1 is 0.886 bits per heavy atom. The van der Waals surface area contributed by atoms with Crippen LogP contribution in [-0.4, -0.2) is 50.4 Å². The lowest BCUT2D eigenvalue weighted by molar-refractivity contribution is -0.384. The highest BCUT2D eigenvalue weighted by atomic mass is 35.5. The van der Waals surface area contributed by atoms with Crippen LogP contribution in [0.1, 0.15) is 11.1 Å². The molecule has 4 rings (SSSR count). The van der Waals surface area contributed by atoms with E-state index in [1.165, 1.54) is 0 Å². The molecule has 0 saturated heterocycles. The minimum atomic E-state index is -0.586. The van der Waals surface area contributed by atoms with Crippen molar-refractivity contribution < 1.29 is 14.4 Å². The zero-order valence-corrected chi connectivity index (χ0v) is 26.0. The number of methoxy groups -OCH3 is 2. The lowest BCUT2D eigenvalue weighted by Crippen LogP contribution is -2.16. The van der Waals surface area contributed by atoms with Gasteiger partial charge in [-0.25, -0.2) is 4.98 Å². The Morgan fingerprint density at radius 2 is 1.36 bits per heavy atom. The number of halogens is 2. The van der Waals surface area contributed by atoms with Crippen LogP contribution in [-0.2, 0) is 9.47 Å². The number of nitrogens with one attached hydrogen (secondary N) is 2. The molecule has 0 aliphatic heterocycles. The molecule has 0 spiro atoms. The van der Waals surface area contributed by atoms with Gasteiger partial charge < -0.3 is 43.0 Å². The fraction of sp³-hybridized carbons (Fsp3) is 0.241. The molecule has 234 valence electrons. The highest BCUT2D eigenvalue weighted by molar-refractivity contribution is 6.39. The SMILES string of the molecule is COCCNc1nc(NCCOC)c(C#N)c(C)c1N.Nc1c(Cl)cc([N+](=O)[O-])cc1Cl.Nc1ccc(N)c2ccccc12. The molecule has 0 unspecified atom stereocenters. The van der Waals surface area contributed by atoms with Gasteiger partial charge in [-0.1, -0.05) is 47.5 Å². The Kier molecular flexibility index (Phi) is 14.0. The van der Waals surface area contributed by atoms with Gasteiger partial charge >= 0.3 is 0 Å². The van der Waals surface area contributed by atoms with Gasteiger partial charge in [-0.05, 0) is 24.6 Å². The molecule has 1 aromatic heterocycles. The predicted molar refractivity (Wildman–Crippen MR) is 179 cm³/mol. The molecule has 0 atom stereocenters. The summed E-state index contributed by atoms with van der Waals surface area (Å²) in [6.07, 6.45) is 0. The first-order valence-electron chi connectivity index (χ1n) is 13.0. The Balaban J connectivity index is 0.000000242. The number of anilines is 6. The second-order valence-electron chi connectivity index (χ2n) is 9.04. The maximum Gasteiger partial charge on any atom is 0.272 e. The number of hydrogen-bond donors (Lipinski definition) is 6. The Labute approximate surface area is 265 Å². The van der Waals surface area contributed by atoms with Gasteiger partial charge in [-0.3, -0.25) is 10.1 Å². The number of fused-ring (bicyclic) bond motifs is 1. The molecule has 0 amide bonds. The van der Waals surface area contributed by atoms with Crippen molar-refractivity contribution in [2.45, 2.75) is 6.92 Å². The average Bonchev–Trinajstić information content (AvgIpc) is 3.01. The van der Waals surface area contributed by atoms with E-state index in [4.69, 9.17) is 55.6 Å². The summed E-state index contributed by atoms with van der Waals surface area (Å²) in [5.41, 5.74) is 26.1. The third-order valence-electron chi connectivity index (χ3n) is 6.07. The fourth-order valence-corrected chi connectivity index (χ4v) is 4.16. The Morgan fingerprint density at radius 3 is 1.80 bits per heavy atom. The third kappa shape index (κ3) is 9.65. The molecular formula is C29H35Cl2N9O4. The van der Waals surface area contributed by atoms with E-state index in [1.54, 1.807) is 21.1 Å². The van der Waals surface area contributed by atoms with E-state index >= 15 is 0 Å². The Bertz CT molecular complexity index is 1570. The summed E-state index contributed by atoms with van der Waals surface area (Å²) in [5, 5.41) is 27.9. The van der Waals surface area contributed by atoms with Crippen molar-refractivity contribution >= 4 is 74.0 Å². The molecule has 0 bridgehead atoms. The highest BCUT2D eigenvalue weighted by Gasteiger charge is 2.15. The fourth-order valence-electron chi connectivity index (χ4n) is 3.68. The minimum absolute atomic E-state index is 0.0919. The monoisotopic (exact) mass is 643 g/mol. The molecule has 3 aromatic carbocycles. The topological polar surface area (TPSA) is 226 Å². The molecule has 0 aliphatic carbocycles. The summed E-state index contributed by atoms with van der Waals surface area (Å²) < 4.78 is 9.94. The van der Waals surface area contributed by atoms with Crippen LogP contribution in [0.15, 0.2) is 48.5 Å². The van der Waals surface area contributed by atoms with E-state index in [0.717, 1.165) is 34.3 Å². The number of benzene rings is 3. The number of nitro benzene ring substituents is 1. The lowest BCUT2D eigenvalue weighted by Gasteiger charge is -2.15. The van der Waals surface area contributed by atoms with Crippen LogP contribution in [0, 0.1) is 28.4 Å². The number of nitrogens with two attached hydrogens (primary N) is 4. The van der Waals surface area contributed by atoms with E-state index in [0.29, 0.717) is 54.8 Å². The number of hydrogen-bond acceptors (Lipinski definition) is 12. The maximum absolute atomic E-state index is 10.3. The van der Waals surface area contributed by atoms with Crippen molar-refractivity contribution in [1.82, 2.24) is 4.98 Å². The number of ether oxygens (including phenoxy) is 2. The molecule has 15 heteroatoms. The van der Waals surface area contributed by atoms with E-state index < -0.39 is 4.92 Å². The van der Waals surface area contributed by atoms with Gasteiger partial charge in [0, 0.05) is 61.6 Å². The number of nitrogens with zero attached hydrogens (tertiary/aromatic N) is 3. The summed E-state index contributed by atoms with van der Waals surface area (Å²) in [6, 6.07) is 16.0. The molecule has 10 N–H and O–H groups in total. The first-order valence-corrected chi connectivity index (χ1v) is 13.8. The van der Waals surface area contributed by atoms with Crippen molar-refractivity contribution in [1.29, 1.82) is 5.26 Å². The maximum atomic E-state index is 10.3. The van der Waals surface area contributed by atoms with Crippen LogP contribution in [0.3, 0.4) is 0 Å². The molecule has 0 saturated carbocycles. The summed E-state index contributed by atoms with van der Waals surface area (Å²) in [7, 11) is 3.24. The number of nitro groups is 1. The van der Waals surface area contributed by atoms with Crippen molar-refractivity contribution in [3.8, 4) is 6.07 Å². The largest absolute Gasteiger partial charge is 0.398 e. The number of rotatable bonds is 9. The van der Waals surface area contributed by atoms with E-state index in [2.05, 4.69) is 21.7 Å². The van der Waals surface area contributed by atoms with Crippen LogP contribution in [0.5, 0.6) is 0 Å². The molecule has 4 aromatic rings. The first-order chi connectivity index (χ1) is 21.0. The quantitative estimate of drug-likeness (QED) is 0.0579. The normalized spacial score (nSPS) is 10.1. The van der Waals surface area contributed by atoms with Crippen LogP contribution in [0.4, 0.5) is 40.1 Å². The van der Waals surface area contributed by atoms with Crippen molar-refractivity contribution in [2.24, 2.45) is 0 Å². The predicted octanol–water partition coefficient (Wildman–Crippen LogP) is 5.45. The molecule has 13 nitrogen and oxygen atoms in total. The zero-order valence-electron chi connectivity index (χ0n) is 24.5. The summed E-state index contributed by atoms with van der Waals surface area (Å²) in [6.45, 7) is 4.04. The second kappa shape index (κ2) is 17.4. The van der Waals surface area contributed by atoms with Crippen LogP contribution in [0.2, 0.25) is 10.0 Å². The summed E-state index contributed by atoms with van der Waals surface area (Å²) in [5.74, 6) is 1.06. The smallest absolute Gasteiger partial charge is 0.272 e. The van der Waals surface area contributed by atoms with Gasteiger partial charge in [-0.15, -0.1) is 0 Å². The number of aromatic nitrogens is 1. The zero-order chi connectivity index (χ0) is 32.8. The minimum Gasteiger partial charge on any atom is -0.398 e. The van der Waals surface area contributed by atoms with Gasteiger partial charge in [0.2, 0.25) is 0 Å². The van der Waals surface area contributed by atoms with Gasteiger partial charge in [0.25, 0.3) is 5.69 Å². The first kappa shape index (κ1) is 35.5. The summed E-state index contributed by atoms with van der Waals surface area (Å²) >= 11 is 11.1. The average molecular weight is 645 g/mol. The number of nitriles is 1. The number of pyridine rings is 1. The van der Waals surface area contributed by atoms with Crippen molar-refractivity contribution in [2.75, 3.05) is 74.1 Å². The van der Waals surface area contributed by atoms with E-state index in [-0.39, 0.29) is 21.4 Å². The molecule has 44 heavy (non-hydrogen) atoms. The molecule has 1 heterocycles. The highest BCUT2D eigenvalue weighted by Crippen LogP contribution is 2.32. The van der Waals surface area contributed by atoms with Crippen LogP contribution < -0.4 is 33.6 Å². The molecule has 0 aliphatic rings. The standard InChI is InChI=1S/C13H21N5O2.C10H10N2.C6H4Cl2N2O2/c1-9-10(8-14)12(16-4-6-19-2)18-13(11(9)15)17-5-7-20-3;11-9-5-6-10(12)8-4-2-1-3-7(8)9;7-4-1-3(10(11)12)2-5(8)6(4)9/h4-7,15H2,1-3H3,(H2,16,17,18);1-6H,11-12H2;1-2H,9H2. The molecular weight excluding hydrogens is 609 g/mol. The van der Waals surface area contributed by atoms with Crippen LogP contribution in [0.25, 0.3) is 10.8 Å². The molecule has 0 fully saturated rings. The third-order valence-corrected chi connectivity index (χ3v) is 6.70. The number of non-ortho nitro benzene ring substituents is 1. The van der Waals surface area contributed by atoms with Crippen molar-refractivity contribution in [3.63, 3.8) is 0 Å². The van der Waals surface area contributed by atoms with Gasteiger partial charge in [-0.2, -0.15) is 5.26 Å². The van der Waals surface area contributed by atoms with E-state index in [1.807, 2.05) is 36.4 Å². The number of nitrogen functional groups attached to an aromatic ring is 4. The lowest BCUT2D eigenvalue weighted by atomic mass is 10.1. The van der Waals surface area contributed by atoms with E-state index in [9.17, 15) is 15.4 Å². The Hall–Kier alpha value is -4.74. The molecule has 0 radical (unpaired) electrons. The van der Waals surface area contributed by atoms with Crippen molar-refractivity contribution in [3.05, 3.63) is 79.8 Å². The summed E-state index contributed by atoms with van der Waals surface area (Å²) in [4.78, 5) is 14.0. The van der Waals surface area contributed by atoms with Gasteiger partial charge in [0.05, 0.1) is 45.1 Å². The van der Waals surface area contributed by atoms with Gasteiger partial charge in [0.1, 0.15) is 11.9 Å². The second-order valence-corrected chi connectivity index (χ2v) is 9.86.